The predicted molar refractivity (Wildman–Crippen MR) is 91.6 cm³/mol. The lowest BCUT2D eigenvalue weighted by Crippen LogP contribution is -3.22. The van der Waals surface area contributed by atoms with Gasteiger partial charge >= 0.3 is 0 Å². The SMILES string of the molecule is IC12C3C4C1C1C2C3C41C12C3C4C1C1C2C3C41c1ccccc1. The molecule has 0 heterocycles. The first-order chi connectivity index (χ1) is 11.3. The molecule has 112 valence electrons. The monoisotopic (exact) mass is 408 g/mol. The van der Waals surface area contributed by atoms with Crippen LogP contribution >= 0.6 is 22.6 Å². The Labute approximate surface area is 148 Å². The van der Waals surface area contributed by atoms with Crippen LogP contribution in [0, 0.1) is 81.8 Å². The molecule has 0 atom stereocenters. The van der Waals surface area contributed by atoms with Gasteiger partial charge in [0, 0.05) is 8.84 Å². The van der Waals surface area contributed by atoms with Crippen molar-refractivity contribution >= 4 is 22.6 Å². The molecule has 0 spiro atoms. The van der Waals surface area contributed by atoms with Crippen LogP contribution in [-0.2, 0) is 5.41 Å². The Morgan fingerprint density at radius 1 is 0.565 bits per heavy atom. The number of alkyl halides is 1. The van der Waals surface area contributed by atoms with Gasteiger partial charge in [-0.25, -0.2) is 0 Å². The maximum Gasteiger partial charge on any atom is 0.0324 e. The molecule has 1 heteroatoms. The molecular weight excluding hydrogens is 391 g/mol. The summed E-state index contributed by atoms with van der Waals surface area (Å²) in [6.45, 7) is 0. The van der Waals surface area contributed by atoms with Gasteiger partial charge in [0.2, 0.25) is 0 Å². The second-order valence-electron chi connectivity index (χ2n) is 11.3. The summed E-state index contributed by atoms with van der Waals surface area (Å²) in [5.74, 6) is 14.8. The smallest absolute Gasteiger partial charge is 0.0324 e. The largest absolute Gasteiger partial charge is 0.0779 e. The van der Waals surface area contributed by atoms with Crippen LogP contribution in [0.25, 0.3) is 0 Å². The van der Waals surface area contributed by atoms with Crippen LogP contribution in [0.3, 0.4) is 0 Å². The third-order valence-electron chi connectivity index (χ3n) is 13.2. The van der Waals surface area contributed by atoms with Gasteiger partial charge in [0.25, 0.3) is 0 Å². The van der Waals surface area contributed by atoms with Crippen LogP contribution in [0.4, 0.5) is 0 Å². The number of hydrogen-bond donors (Lipinski definition) is 0. The van der Waals surface area contributed by atoms with Gasteiger partial charge in [-0.05, 0) is 87.4 Å². The van der Waals surface area contributed by atoms with Crippen molar-refractivity contribution in [1.29, 1.82) is 0 Å². The summed E-state index contributed by atoms with van der Waals surface area (Å²) in [6.07, 6.45) is 0. The molecule has 12 aliphatic rings. The minimum atomic E-state index is 0.742. The highest BCUT2D eigenvalue weighted by Crippen LogP contribution is 3.21. The first kappa shape index (κ1) is 10.2. The van der Waals surface area contributed by atoms with E-state index in [0.29, 0.717) is 0 Å². The first-order valence-electron chi connectivity index (χ1n) is 10.1. The van der Waals surface area contributed by atoms with Crippen molar-refractivity contribution in [2.24, 2.45) is 81.8 Å². The fraction of sp³-hybridized carbons (Fsp3) is 0.727. The lowest BCUT2D eigenvalue weighted by Gasteiger charge is -3.22. The second-order valence-corrected chi connectivity index (χ2v) is 13.2. The van der Waals surface area contributed by atoms with Gasteiger partial charge in [-0.1, -0.05) is 52.9 Å². The van der Waals surface area contributed by atoms with Gasteiger partial charge in [0.1, 0.15) is 0 Å². The Bertz CT molecular complexity index is 850. The van der Waals surface area contributed by atoms with Gasteiger partial charge < -0.3 is 0 Å². The molecule has 0 amide bonds. The Balaban J connectivity index is 1.08. The Kier molecular flexibility index (Phi) is 0.924. The molecule has 0 aliphatic heterocycles. The zero-order valence-corrected chi connectivity index (χ0v) is 14.9. The highest BCUT2D eigenvalue weighted by Gasteiger charge is 3.20. The lowest BCUT2D eigenvalue weighted by atomic mass is 8.82. The minimum Gasteiger partial charge on any atom is -0.0779 e. The van der Waals surface area contributed by atoms with E-state index in [9.17, 15) is 0 Å². The van der Waals surface area contributed by atoms with Gasteiger partial charge in [0.05, 0.1) is 0 Å². The standard InChI is InChI=1S/C22H17I/c23-22-16-13-17(22)15-18(22)14(16)21(13,15)20-10-7-11(20)9-12(20)8(10)19(7,9)6-4-2-1-3-5-6/h1-5,7-18H. The maximum atomic E-state index is 2.91. The molecule has 0 bridgehead atoms. The summed E-state index contributed by atoms with van der Waals surface area (Å²) in [5.41, 5.74) is 4.49. The quantitative estimate of drug-likeness (QED) is 0.518. The van der Waals surface area contributed by atoms with Crippen molar-refractivity contribution < 1.29 is 0 Å². The van der Waals surface area contributed by atoms with Crippen molar-refractivity contribution in [2.45, 2.75) is 8.84 Å². The topological polar surface area (TPSA) is 0 Å². The molecule has 0 nitrogen and oxygen atoms in total. The highest BCUT2D eigenvalue weighted by molar-refractivity contribution is 14.1. The molecule has 12 fully saturated rings. The third kappa shape index (κ3) is 0.428. The van der Waals surface area contributed by atoms with Crippen LogP contribution in [0.5, 0.6) is 0 Å². The zero-order valence-electron chi connectivity index (χ0n) is 12.7. The number of rotatable bonds is 2. The highest BCUT2D eigenvalue weighted by atomic mass is 127. The molecular formula is C22H17I. The Morgan fingerprint density at radius 3 is 1.48 bits per heavy atom. The average molecular weight is 408 g/mol. The zero-order chi connectivity index (χ0) is 14.0. The summed E-state index contributed by atoms with van der Waals surface area (Å²) >= 11 is 2.91. The molecule has 23 heavy (non-hydrogen) atoms. The van der Waals surface area contributed by atoms with E-state index in [0.717, 1.165) is 19.7 Å². The lowest BCUT2D eigenvalue weighted by molar-refractivity contribution is -0.736. The van der Waals surface area contributed by atoms with E-state index in [1.54, 1.807) is 5.56 Å². The van der Waals surface area contributed by atoms with Crippen LogP contribution in [0.1, 0.15) is 5.56 Å². The first-order valence-corrected chi connectivity index (χ1v) is 11.1. The fourth-order valence-electron chi connectivity index (χ4n) is 14.0. The maximum absolute atomic E-state index is 2.91. The number of benzene rings is 1. The molecule has 1 aromatic rings. The summed E-state index contributed by atoms with van der Waals surface area (Å²) in [4.78, 5) is 0. The second kappa shape index (κ2) is 2.09. The molecule has 13 rings (SSSR count). The predicted octanol–water partition coefficient (Wildman–Crippen LogP) is 3.60. The fourth-order valence-corrected chi connectivity index (χ4v) is 16.3. The summed E-state index contributed by atoms with van der Waals surface area (Å²) in [6, 6.07) is 11.7. The Morgan fingerprint density at radius 2 is 1.00 bits per heavy atom. The van der Waals surface area contributed by atoms with Crippen LogP contribution < -0.4 is 0 Å². The normalized spacial score (nSPS) is 92.4. The molecule has 0 radical (unpaired) electrons. The average Bonchev–Trinajstić information content (AvgIpc) is 2.63. The van der Waals surface area contributed by atoms with E-state index in [1.807, 2.05) is 0 Å². The van der Waals surface area contributed by atoms with Crippen LogP contribution in [0.15, 0.2) is 30.3 Å². The van der Waals surface area contributed by atoms with E-state index in [4.69, 9.17) is 0 Å². The summed E-state index contributed by atoms with van der Waals surface area (Å²) < 4.78 is 0.892. The molecule has 0 unspecified atom stereocenters. The van der Waals surface area contributed by atoms with Crippen molar-refractivity contribution in [1.82, 2.24) is 0 Å². The van der Waals surface area contributed by atoms with E-state index >= 15 is 0 Å². The van der Waals surface area contributed by atoms with Gasteiger partial charge in [0.15, 0.2) is 0 Å². The van der Waals surface area contributed by atoms with Gasteiger partial charge in [-0.15, -0.1) is 0 Å². The molecule has 0 saturated heterocycles. The van der Waals surface area contributed by atoms with Crippen molar-refractivity contribution in [2.75, 3.05) is 0 Å². The van der Waals surface area contributed by atoms with Gasteiger partial charge in [-0.3, -0.25) is 0 Å². The van der Waals surface area contributed by atoms with E-state index < -0.39 is 0 Å². The van der Waals surface area contributed by atoms with Crippen LogP contribution in [0.2, 0.25) is 0 Å². The van der Waals surface area contributed by atoms with Crippen molar-refractivity contribution in [3.63, 3.8) is 0 Å². The summed E-state index contributed by atoms with van der Waals surface area (Å²) in [7, 11) is 0. The van der Waals surface area contributed by atoms with Gasteiger partial charge in [-0.2, -0.15) is 0 Å². The Hall–Kier alpha value is -0.0500. The molecule has 12 saturated carbocycles. The molecule has 1 aromatic carbocycles. The molecule has 0 N–H and O–H groups in total. The van der Waals surface area contributed by atoms with E-state index in [2.05, 4.69) is 52.9 Å². The van der Waals surface area contributed by atoms with E-state index in [-0.39, 0.29) is 0 Å². The molecule has 0 aromatic heterocycles. The van der Waals surface area contributed by atoms with Crippen molar-refractivity contribution in [3.8, 4) is 0 Å². The minimum absolute atomic E-state index is 0.742. The van der Waals surface area contributed by atoms with Crippen molar-refractivity contribution in [3.05, 3.63) is 35.9 Å². The summed E-state index contributed by atoms with van der Waals surface area (Å²) in [5, 5.41) is 0. The molecule has 12 aliphatic carbocycles. The third-order valence-corrected chi connectivity index (χ3v) is 15.3. The number of halogens is 1. The number of hydrogen-bond acceptors (Lipinski definition) is 0. The van der Waals surface area contributed by atoms with Crippen LogP contribution in [-0.4, -0.2) is 3.42 Å². The van der Waals surface area contributed by atoms with E-state index in [1.165, 1.54) is 71.0 Å².